The molecule has 0 saturated heterocycles. The lowest BCUT2D eigenvalue weighted by molar-refractivity contribution is 0.0957. The van der Waals surface area contributed by atoms with E-state index in [1.165, 1.54) is 6.20 Å². The van der Waals surface area contributed by atoms with Gasteiger partial charge in [-0.1, -0.05) is 26.8 Å². The standard InChI is InChI=1S/C31H31N7O3/c1-19-15-21(8-11-26(19)41-23-12-14-34-25(17-23)29(39)32-5)35-30(40)36-28-18-27(31(2,3)4)37-38(28)22-9-10-24-20(16-22)7-6-13-33-24/h6-18H,1-5H3,(H,32,39)(H2,35,36,40). The summed E-state index contributed by atoms with van der Waals surface area (Å²) in [6.45, 7) is 8.10. The number of aryl methyl sites for hydroxylation is 1. The molecule has 0 unspecified atom stereocenters. The van der Waals surface area contributed by atoms with E-state index in [9.17, 15) is 9.59 Å². The van der Waals surface area contributed by atoms with Gasteiger partial charge in [0, 0.05) is 48.1 Å². The summed E-state index contributed by atoms with van der Waals surface area (Å²) in [6, 6.07) is 19.8. The first-order valence-corrected chi connectivity index (χ1v) is 13.1. The van der Waals surface area contributed by atoms with Crippen LogP contribution in [0.25, 0.3) is 16.6 Å². The van der Waals surface area contributed by atoms with Crippen molar-refractivity contribution in [1.29, 1.82) is 0 Å². The number of fused-ring (bicyclic) bond motifs is 1. The predicted octanol–water partition coefficient (Wildman–Crippen LogP) is 6.22. The quantitative estimate of drug-likeness (QED) is 0.231. The number of benzene rings is 2. The van der Waals surface area contributed by atoms with Crippen molar-refractivity contribution in [1.82, 2.24) is 25.1 Å². The Hall–Kier alpha value is -5.25. The highest BCUT2D eigenvalue weighted by atomic mass is 16.5. The first-order valence-electron chi connectivity index (χ1n) is 13.1. The molecule has 0 fully saturated rings. The summed E-state index contributed by atoms with van der Waals surface area (Å²) < 4.78 is 7.70. The molecular formula is C31H31N7O3. The summed E-state index contributed by atoms with van der Waals surface area (Å²) >= 11 is 0. The van der Waals surface area contributed by atoms with E-state index in [0.29, 0.717) is 23.0 Å². The third kappa shape index (κ3) is 6.17. The van der Waals surface area contributed by atoms with Crippen LogP contribution in [0.2, 0.25) is 0 Å². The lowest BCUT2D eigenvalue weighted by Gasteiger charge is -2.14. The Bertz CT molecular complexity index is 1750. The number of carbonyl (C=O) groups excluding carboxylic acids is 2. The van der Waals surface area contributed by atoms with Crippen LogP contribution in [0.1, 0.15) is 42.5 Å². The van der Waals surface area contributed by atoms with Gasteiger partial charge in [0.25, 0.3) is 5.91 Å². The largest absolute Gasteiger partial charge is 0.457 e. The van der Waals surface area contributed by atoms with E-state index in [2.05, 4.69) is 46.7 Å². The summed E-state index contributed by atoms with van der Waals surface area (Å²) in [5.74, 6) is 1.31. The predicted molar refractivity (Wildman–Crippen MR) is 159 cm³/mol. The first-order chi connectivity index (χ1) is 19.6. The molecule has 0 atom stereocenters. The summed E-state index contributed by atoms with van der Waals surface area (Å²) in [5.41, 5.74) is 3.95. The summed E-state index contributed by atoms with van der Waals surface area (Å²) in [4.78, 5) is 33.4. The second-order valence-corrected chi connectivity index (χ2v) is 10.6. The van der Waals surface area contributed by atoms with Crippen LogP contribution in [0.3, 0.4) is 0 Å². The number of nitrogens with zero attached hydrogens (tertiary/aromatic N) is 4. The fourth-order valence-electron chi connectivity index (χ4n) is 4.20. The number of anilines is 2. The minimum absolute atomic E-state index is 0.223. The highest BCUT2D eigenvalue weighted by Crippen LogP contribution is 2.29. The van der Waals surface area contributed by atoms with Gasteiger partial charge in [0.05, 0.1) is 16.9 Å². The third-order valence-corrected chi connectivity index (χ3v) is 6.40. The normalized spacial score (nSPS) is 11.2. The number of urea groups is 1. The molecule has 10 nitrogen and oxygen atoms in total. The molecule has 3 aromatic heterocycles. The van der Waals surface area contributed by atoms with Crippen molar-refractivity contribution < 1.29 is 14.3 Å². The maximum absolute atomic E-state index is 13.1. The van der Waals surface area contributed by atoms with Gasteiger partial charge < -0.3 is 15.4 Å². The molecule has 2 aromatic carbocycles. The van der Waals surface area contributed by atoms with Crippen LogP contribution in [0.5, 0.6) is 11.5 Å². The van der Waals surface area contributed by atoms with Crippen molar-refractivity contribution in [2.45, 2.75) is 33.1 Å². The van der Waals surface area contributed by atoms with E-state index in [4.69, 9.17) is 9.84 Å². The van der Waals surface area contributed by atoms with E-state index in [1.54, 1.807) is 42.2 Å². The molecule has 5 aromatic rings. The molecule has 0 saturated carbocycles. The Morgan fingerprint density at radius 1 is 0.902 bits per heavy atom. The van der Waals surface area contributed by atoms with E-state index in [0.717, 1.165) is 27.8 Å². The van der Waals surface area contributed by atoms with Crippen LogP contribution in [0.15, 0.2) is 79.1 Å². The van der Waals surface area contributed by atoms with E-state index >= 15 is 0 Å². The van der Waals surface area contributed by atoms with E-state index in [-0.39, 0.29) is 17.0 Å². The average Bonchev–Trinajstić information content (AvgIpc) is 3.38. The molecule has 0 bridgehead atoms. The SMILES string of the molecule is CNC(=O)c1cc(Oc2ccc(NC(=O)Nc3cc(C(C)(C)C)nn3-c3ccc4ncccc4c3)cc2C)ccn1. The molecule has 0 spiro atoms. The van der Waals surface area contributed by atoms with E-state index in [1.807, 2.05) is 49.4 Å². The molecule has 0 aliphatic rings. The van der Waals surface area contributed by atoms with Gasteiger partial charge in [-0.25, -0.2) is 9.48 Å². The maximum atomic E-state index is 13.1. The molecule has 208 valence electrons. The third-order valence-electron chi connectivity index (χ3n) is 6.40. The Balaban J connectivity index is 1.34. The van der Waals surface area contributed by atoms with Crippen LogP contribution < -0.4 is 20.7 Å². The van der Waals surface area contributed by atoms with Gasteiger partial charge in [-0.15, -0.1) is 0 Å². The molecule has 3 heterocycles. The molecule has 0 aliphatic carbocycles. The number of ether oxygens (including phenoxy) is 1. The van der Waals surface area contributed by atoms with Crippen molar-refractivity contribution in [3.8, 4) is 17.2 Å². The maximum Gasteiger partial charge on any atom is 0.324 e. The molecule has 0 aliphatic heterocycles. The molecule has 3 N–H and O–H groups in total. The van der Waals surface area contributed by atoms with E-state index < -0.39 is 6.03 Å². The molecule has 41 heavy (non-hydrogen) atoms. The summed E-state index contributed by atoms with van der Waals surface area (Å²) in [7, 11) is 1.54. The number of carbonyl (C=O) groups is 2. The van der Waals surface area contributed by atoms with Crippen molar-refractivity contribution in [3.05, 3.63) is 96.1 Å². The Morgan fingerprint density at radius 2 is 1.73 bits per heavy atom. The summed E-state index contributed by atoms with van der Waals surface area (Å²) in [6.07, 6.45) is 3.27. The molecular weight excluding hydrogens is 518 g/mol. The van der Waals surface area contributed by atoms with Crippen molar-refractivity contribution in [2.24, 2.45) is 0 Å². The highest BCUT2D eigenvalue weighted by Gasteiger charge is 2.22. The monoisotopic (exact) mass is 549 g/mol. The minimum atomic E-state index is -0.411. The van der Waals surface area contributed by atoms with Crippen LogP contribution in [0.4, 0.5) is 16.3 Å². The number of hydrogen-bond donors (Lipinski definition) is 3. The van der Waals surface area contributed by atoms with Gasteiger partial charge in [0.2, 0.25) is 0 Å². The second-order valence-electron chi connectivity index (χ2n) is 10.6. The molecule has 0 radical (unpaired) electrons. The Kier molecular flexibility index (Phi) is 7.39. The second kappa shape index (κ2) is 11.1. The Morgan fingerprint density at radius 3 is 2.49 bits per heavy atom. The van der Waals surface area contributed by atoms with Crippen molar-refractivity contribution in [2.75, 3.05) is 17.7 Å². The zero-order valence-corrected chi connectivity index (χ0v) is 23.5. The topological polar surface area (TPSA) is 123 Å². The number of rotatable bonds is 6. The molecule has 3 amide bonds. The summed E-state index contributed by atoms with van der Waals surface area (Å²) in [5, 5.41) is 14.2. The zero-order valence-electron chi connectivity index (χ0n) is 23.5. The fourth-order valence-corrected chi connectivity index (χ4v) is 4.20. The van der Waals surface area contributed by atoms with Crippen LogP contribution >= 0.6 is 0 Å². The molecule has 5 rings (SSSR count). The first kappa shape index (κ1) is 27.3. The van der Waals surface area contributed by atoms with Crippen LogP contribution in [-0.2, 0) is 5.41 Å². The van der Waals surface area contributed by atoms with Crippen LogP contribution in [-0.4, -0.2) is 38.7 Å². The van der Waals surface area contributed by atoms with Crippen molar-refractivity contribution in [3.63, 3.8) is 0 Å². The van der Waals surface area contributed by atoms with Gasteiger partial charge in [0.15, 0.2) is 0 Å². The van der Waals surface area contributed by atoms with Gasteiger partial charge in [-0.2, -0.15) is 5.10 Å². The smallest absolute Gasteiger partial charge is 0.324 e. The van der Waals surface area contributed by atoms with Crippen LogP contribution in [0, 0.1) is 6.92 Å². The minimum Gasteiger partial charge on any atom is -0.457 e. The van der Waals surface area contributed by atoms with Crippen molar-refractivity contribution >= 4 is 34.3 Å². The highest BCUT2D eigenvalue weighted by molar-refractivity contribution is 5.99. The number of nitrogens with one attached hydrogen (secondary N) is 3. The lowest BCUT2D eigenvalue weighted by atomic mass is 9.92. The number of aromatic nitrogens is 4. The fraction of sp³-hybridized carbons (Fsp3) is 0.194. The number of pyridine rings is 2. The Labute approximate surface area is 237 Å². The van der Waals surface area contributed by atoms with Gasteiger partial charge in [0.1, 0.15) is 23.0 Å². The van der Waals surface area contributed by atoms with Gasteiger partial charge in [-0.05, 0) is 61.0 Å². The number of amides is 3. The zero-order chi connectivity index (χ0) is 29.1. The lowest BCUT2D eigenvalue weighted by Crippen LogP contribution is -2.21. The average molecular weight is 550 g/mol. The number of hydrogen-bond acceptors (Lipinski definition) is 6. The molecule has 10 heteroatoms. The van der Waals surface area contributed by atoms with Gasteiger partial charge >= 0.3 is 6.03 Å². The van der Waals surface area contributed by atoms with Gasteiger partial charge in [-0.3, -0.25) is 20.1 Å².